The summed E-state index contributed by atoms with van der Waals surface area (Å²) in [6, 6.07) is 25.5. The Labute approximate surface area is 170 Å². The predicted octanol–water partition coefficient (Wildman–Crippen LogP) is 5.35. The van der Waals surface area contributed by atoms with E-state index < -0.39 is 0 Å². The summed E-state index contributed by atoms with van der Waals surface area (Å²) in [6.45, 7) is 4.53. The molecule has 0 atom stereocenters. The Bertz CT molecular complexity index is 1120. The largest absolute Gasteiger partial charge is 0.330 e. The molecule has 0 aliphatic carbocycles. The van der Waals surface area contributed by atoms with Crippen molar-refractivity contribution in [3.8, 4) is 11.3 Å². The number of amides is 1. The highest BCUT2D eigenvalue weighted by atomic mass is 16.2. The van der Waals surface area contributed by atoms with E-state index in [1.54, 1.807) is 6.20 Å². The van der Waals surface area contributed by atoms with Crippen molar-refractivity contribution in [1.29, 1.82) is 0 Å². The molecule has 29 heavy (non-hydrogen) atoms. The van der Waals surface area contributed by atoms with Crippen LogP contribution in [0.1, 0.15) is 29.9 Å². The molecule has 0 spiro atoms. The van der Waals surface area contributed by atoms with Gasteiger partial charge in [0.1, 0.15) is 0 Å². The number of nitrogens with zero attached hydrogens (tertiary/aromatic N) is 3. The van der Waals surface area contributed by atoms with Crippen molar-refractivity contribution in [1.82, 2.24) is 14.9 Å². The van der Waals surface area contributed by atoms with Gasteiger partial charge < -0.3 is 4.90 Å². The number of para-hydroxylation sites is 1. The van der Waals surface area contributed by atoms with E-state index in [1.165, 1.54) is 0 Å². The highest BCUT2D eigenvalue weighted by Crippen LogP contribution is 2.26. The van der Waals surface area contributed by atoms with E-state index in [2.05, 4.69) is 4.98 Å². The van der Waals surface area contributed by atoms with Crippen molar-refractivity contribution in [2.45, 2.75) is 26.4 Å². The first kappa shape index (κ1) is 18.8. The third kappa shape index (κ3) is 4.02. The molecule has 0 N–H and O–H groups in total. The molecule has 0 saturated carbocycles. The molecular weight excluding hydrogens is 358 g/mol. The van der Waals surface area contributed by atoms with E-state index in [4.69, 9.17) is 4.98 Å². The molecule has 0 fully saturated rings. The van der Waals surface area contributed by atoms with Crippen LogP contribution in [-0.2, 0) is 6.54 Å². The van der Waals surface area contributed by atoms with Gasteiger partial charge in [-0.15, -0.1) is 0 Å². The maximum absolute atomic E-state index is 13.7. The molecule has 2 aromatic heterocycles. The van der Waals surface area contributed by atoms with Gasteiger partial charge in [-0.2, -0.15) is 0 Å². The highest BCUT2D eigenvalue weighted by molar-refractivity contribution is 6.07. The van der Waals surface area contributed by atoms with Crippen LogP contribution in [0, 0.1) is 0 Å². The predicted molar refractivity (Wildman–Crippen MR) is 116 cm³/mol. The number of benzene rings is 2. The van der Waals surface area contributed by atoms with Gasteiger partial charge in [-0.05, 0) is 38.1 Å². The van der Waals surface area contributed by atoms with Crippen molar-refractivity contribution in [3.05, 3.63) is 96.3 Å². The van der Waals surface area contributed by atoms with Gasteiger partial charge in [-0.3, -0.25) is 9.78 Å². The number of carbonyl (C=O) groups excluding carboxylic acids is 1. The van der Waals surface area contributed by atoms with E-state index in [1.807, 2.05) is 97.6 Å². The summed E-state index contributed by atoms with van der Waals surface area (Å²) < 4.78 is 0. The number of aromatic nitrogens is 2. The highest BCUT2D eigenvalue weighted by Gasteiger charge is 2.22. The van der Waals surface area contributed by atoms with Crippen LogP contribution in [-0.4, -0.2) is 26.8 Å². The molecule has 144 valence electrons. The van der Waals surface area contributed by atoms with Gasteiger partial charge in [0.15, 0.2) is 0 Å². The number of rotatable bonds is 5. The number of pyridine rings is 2. The summed E-state index contributed by atoms with van der Waals surface area (Å²) in [5.74, 6) is -0.0126. The van der Waals surface area contributed by atoms with Crippen molar-refractivity contribution in [2.24, 2.45) is 0 Å². The third-order valence-corrected chi connectivity index (χ3v) is 4.96. The van der Waals surface area contributed by atoms with Crippen LogP contribution >= 0.6 is 0 Å². The molecule has 0 radical (unpaired) electrons. The summed E-state index contributed by atoms with van der Waals surface area (Å²) in [7, 11) is 0. The van der Waals surface area contributed by atoms with Gasteiger partial charge in [0.25, 0.3) is 5.91 Å². The molecule has 2 heterocycles. The van der Waals surface area contributed by atoms with E-state index in [-0.39, 0.29) is 11.9 Å². The monoisotopic (exact) mass is 381 g/mol. The van der Waals surface area contributed by atoms with Crippen LogP contribution in [0.15, 0.2) is 85.1 Å². The third-order valence-electron chi connectivity index (χ3n) is 4.96. The lowest BCUT2D eigenvalue weighted by molar-refractivity contribution is 0.0690. The van der Waals surface area contributed by atoms with Crippen molar-refractivity contribution in [2.75, 3.05) is 0 Å². The van der Waals surface area contributed by atoms with Crippen LogP contribution in [0.5, 0.6) is 0 Å². The molecule has 0 aliphatic heterocycles. The van der Waals surface area contributed by atoms with Gasteiger partial charge >= 0.3 is 0 Å². The average molecular weight is 381 g/mol. The van der Waals surface area contributed by atoms with E-state index in [9.17, 15) is 4.79 Å². The number of hydrogen-bond acceptors (Lipinski definition) is 3. The van der Waals surface area contributed by atoms with Gasteiger partial charge in [0.05, 0.1) is 29.0 Å². The van der Waals surface area contributed by atoms with Crippen molar-refractivity contribution in [3.63, 3.8) is 0 Å². The summed E-state index contributed by atoms with van der Waals surface area (Å²) in [4.78, 5) is 24.7. The molecule has 0 unspecified atom stereocenters. The molecular formula is C25H23N3O. The average Bonchev–Trinajstić information content (AvgIpc) is 2.77. The maximum atomic E-state index is 13.7. The smallest absolute Gasteiger partial charge is 0.255 e. The molecule has 4 aromatic rings. The summed E-state index contributed by atoms with van der Waals surface area (Å²) >= 11 is 0. The fourth-order valence-corrected chi connectivity index (χ4v) is 3.42. The Morgan fingerprint density at radius 2 is 1.66 bits per heavy atom. The lowest BCUT2D eigenvalue weighted by atomic mass is 10.0. The van der Waals surface area contributed by atoms with Gasteiger partial charge in [-0.1, -0.05) is 54.6 Å². The van der Waals surface area contributed by atoms with Gasteiger partial charge in [0.2, 0.25) is 0 Å². The van der Waals surface area contributed by atoms with Crippen LogP contribution in [0.4, 0.5) is 0 Å². The summed E-state index contributed by atoms with van der Waals surface area (Å²) in [5.41, 5.74) is 4.15. The summed E-state index contributed by atoms with van der Waals surface area (Å²) in [6.07, 6.45) is 1.76. The van der Waals surface area contributed by atoms with Crippen LogP contribution in [0.2, 0.25) is 0 Å². The molecule has 4 nitrogen and oxygen atoms in total. The second kappa shape index (κ2) is 8.23. The minimum atomic E-state index is -0.0126. The normalized spacial score (nSPS) is 11.0. The van der Waals surface area contributed by atoms with Crippen LogP contribution in [0.3, 0.4) is 0 Å². The van der Waals surface area contributed by atoms with Gasteiger partial charge in [0, 0.05) is 23.2 Å². The Morgan fingerprint density at radius 1 is 0.931 bits per heavy atom. The number of carbonyl (C=O) groups is 1. The molecule has 0 aliphatic rings. The Kier molecular flexibility index (Phi) is 5.34. The lowest BCUT2D eigenvalue weighted by Gasteiger charge is -2.27. The number of fused-ring (bicyclic) bond motifs is 1. The fourth-order valence-electron chi connectivity index (χ4n) is 3.42. The molecule has 0 saturated heterocycles. The topological polar surface area (TPSA) is 46.1 Å². The first-order chi connectivity index (χ1) is 14.1. The first-order valence-corrected chi connectivity index (χ1v) is 9.79. The van der Waals surface area contributed by atoms with Crippen LogP contribution in [0.25, 0.3) is 22.2 Å². The minimum absolute atomic E-state index is 0.0126. The molecule has 0 bridgehead atoms. The zero-order valence-corrected chi connectivity index (χ0v) is 16.6. The Hall–Kier alpha value is -3.53. The lowest BCUT2D eigenvalue weighted by Crippen LogP contribution is -2.36. The molecule has 1 amide bonds. The molecule has 4 rings (SSSR count). The minimum Gasteiger partial charge on any atom is -0.330 e. The molecule has 2 aromatic carbocycles. The van der Waals surface area contributed by atoms with Crippen molar-refractivity contribution >= 4 is 16.8 Å². The zero-order chi connectivity index (χ0) is 20.2. The van der Waals surface area contributed by atoms with Crippen LogP contribution < -0.4 is 0 Å². The van der Waals surface area contributed by atoms with E-state index in [0.29, 0.717) is 12.1 Å². The van der Waals surface area contributed by atoms with Crippen molar-refractivity contribution < 1.29 is 4.79 Å². The quantitative estimate of drug-likeness (QED) is 0.468. The zero-order valence-electron chi connectivity index (χ0n) is 16.6. The SMILES string of the molecule is CC(C)N(Cc1ccccn1)C(=O)c1cc(-c2ccccc2)nc2ccccc12. The van der Waals surface area contributed by atoms with E-state index >= 15 is 0 Å². The first-order valence-electron chi connectivity index (χ1n) is 9.79. The Morgan fingerprint density at radius 3 is 2.38 bits per heavy atom. The second-order valence-electron chi connectivity index (χ2n) is 7.29. The Balaban J connectivity index is 1.81. The summed E-state index contributed by atoms with van der Waals surface area (Å²) in [5, 5.41) is 0.865. The van der Waals surface area contributed by atoms with Gasteiger partial charge in [-0.25, -0.2) is 4.98 Å². The maximum Gasteiger partial charge on any atom is 0.255 e. The second-order valence-corrected chi connectivity index (χ2v) is 7.29. The number of hydrogen-bond donors (Lipinski definition) is 0. The fraction of sp³-hybridized carbons (Fsp3) is 0.160. The molecule has 4 heteroatoms. The van der Waals surface area contributed by atoms with E-state index in [0.717, 1.165) is 27.9 Å². The standard InChI is InChI=1S/C25H23N3O/c1-18(2)28(17-20-12-8-9-15-26-20)25(29)22-16-24(19-10-4-3-5-11-19)27-23-14-7-6-13-21(22)23/h3-16,18H,17H2,1-2H3.